The molecule has 0 saturated heterocycles. The molecule has 0 bridgehead atoms. The molecule has 0 fully saturated rings. The van der Waals surface area contributed by atoms with Crippen molar-refractivity contribution in [2.45, 2.75) is 6.10 Å². The second-order valence-electron chi connectivity index (χ2n) is 3.70. The topological polar surface area (TPSA) is 87.9 Å². The van der Waals surface area contributed by atoms with Crippen LogP contribution in [-0.4, -0.2) is 31.7 Å². The van der Waals surface area contributed by atoms with Crippen LogP contribution in [0.4, 0.5) is 0 Å². The molecule has 1 aromatic rings. The summed E-state index contributed by atoms with van der Waals surface area (Å²) in [6.07, 6.45) is -0.873. The highest BCUT2D eigenvalue weighted by Gasteiger charge is 2.36. The molecule has 1 aromatic carbocycles. The summed E-state index contributed by atoms with van der Waals surface area (Å²) in [6, 6.07) is 3.00. The predicted molar refractivity (Wildman–Crippen MR) is 59.6 cm³/mol. The minimum atomic E-state index is -0.873. The van der Waals surface area contributed by atoms with Crippen LogP contribution >= 0.6 is 0 Å². The van der Waals surface area contributed by atoms with E-state index in [-0.39, 0.29) is 5.56 Å². The van der Waals surface area contributed by atoms with E-state index >= 15 is 0 Å². The number of esters is 1. The summed E-state index contributed by atoms with van der Waals surface area (Å²) >= 11 is 0. The van der Waals surface area contributed by atoms with Gasteiger partial charge in [-0.3, -0.25) is 10.1 Å². The van der Waals surface area contributed by atoms with Crippen LogP contribution in [0.3, 0.4) is 0 Å². The first-order chi connectivity index (χ1) is 8.56. The van der Waals surface area contributed by atoms with Gasteiger partial charge in [-0.1, -0.05) is 0 Å². The lowest BCUT2D eigenvalue weighted by Crippen LogP contribution is -2.12. The van der Waals surface area contributed by atoms with Crippen LogP contribution in [0.1, 0.15) is 22.0 Å². The molecule has 96 valence electrons. The van der Waals surface area contributed by atoms with Gasteiger partial charge in [0.15, 0.2) is 17.6 Å². The zero-order chi connectivity index (χ0) is 13.3. The Morgan fingerprint density at radius 3 is 2.50 bits per heavy atom. The van der Waals surface area contributed by atoms with Gasteiger partial charge in [-0.2, -0.15) is 0 Å². The number of nitrogens with zero attached hydrogens (tertiary/aromatic N) is 1. The number of hydrogen-bond acceptors (Lipinski definition) is 6. The second-order valence-corrected chi connectivity index (χ2v) is 3.70. The Hall–Kier alpha value is -2.31. The Morgan fingerprint density at radius 2 is 1.94 bits per heavy atom. The molecule has 0 aliphatic carbocycles. The molecule has 1 heterocycles. The van der Waals surface area contributed by atoms with Crippen molar-refractivity contribution in [3.8, 4) is 11.5 Å². The van der Waals surface area contributed by atoms with Crippen LogP contribution in [-0.2, 0) is 4.74 Å². The van der Waals surface area contributed by atoms with Gasteiger partial charge in [0.25, 0.3) is 0 Å². The minimum absolute atomic E-state index is 0.277. The van der Waals surface area contributed by atoms with E-state index in [0.29, 0.717) is 17.1 Å². The number of ether oxygens (including phenoxy) is 3. The van der Waals surface area contributed by atoms with Gasteiger partial charge >= 0.3 is 5.97 Å². The summed E-state index contributed by atoms with van der Waals surface area (Å²) in [5.41, 5.74) is 0.730. The van der Waals surface area contributed by atoms with E-state index in [4.69, 9.17) is 14.2 Å². The summed E-state index contributed by atoms with van der Waals surface area (Å²) in [6.45, 7) is -0.464. The number of nitro groups is 1. The molecule has 0 N–H and O–H groups in total. The smallest absolute Gasteiger partial charge is 0.339 e. The summed E-state index contributed by atoms with van der Waals surface area (Å²) < 4.78 is 15.1. The van der Waals surface area contributed by atoms with Gasteiger partial charge < -0.3 is 14.2 Å². The summed E-state index contributed by atoms with van der Waals surface area (Å²) in [5.74, 6) is 0.204. The van der Waals surface area contributed by atoms with E-state index in [2.05, 4.69) is 0 Å². The molecule has 0 saturated carbocycles. The lowest BCUT2D eigenvalue weighted by molar-refractivity contribution is -0.490. The van der Waals surface area contributed by atoms with Crippen molar-refractivity contribution in [2.24, 2.45) is 0 Å². The van der Waals surface area contributed by atoms with Crippen molar-refractivity contribution < 1.29 is 23.9 Å². The third-order valence-electron chi connectivity index (χ3n) is 2.69. The average Bonchev–Trinajstić information content (AvgIpc) is 2.63. The Balaban J connectivity index is 2.46. The maximum atomic E-state index is 11.6. The van der Waals surface area contributed by atoms with Crippen LogP contribution < -0.4 is 9.47 Å². The number of fused-ring (bicyclic) bond motifs is 1. The summed E-state index contributed by atoms with van der Waals surface area (Å²) in [5, 5.41) is 10.5. The molecule has 2 rings (SSSR count). The van der Waals surface area contributed by atoms with Crippen molar-refractivity contribution in [1.82, 2.24) is 0 Å². The van der Waals surface area contributed by atoms with Gasteiger partial charge in [0.2, 0.25) is 6.54 Å². The number of carbonyl (C=O) groups excluding carboxylic acids is 1. The molecule has 1 aliphatic rings. The highest BCUT2D eigenvalue weighted by atomic mass is 16.6. The molecule has 0 amide bonds. The molecular weight excluding hydrogens is 242 g/mol. The monoisotopic (exact) mass is 253 g/mol. The lowest BCUT2D eigenvalue weighted by atomic mass is 10.0. The number of hydrogen-bond donors (Lipinski definition) is 0. The van der Waals surface area contributed by atoms with Gasteiger partial charge in [-0.05, 0) is 12.1 Å². The first kappa shape index (κ1) is 12.2. The SMILES string of the molecule is COc1cc2c(cc1OC)C(C[N+](=O)[O-])OC2=O. The van der Waals surface area contributed by atoms with Crippen LogP contribution in [0.25, 0.3) is 0 Å². The molecule has 18 heavy (non-hydrogen) atoms. The minimum Gasteiger partial charge on any atom is -0.493 e. The average molecular weight is 253 g/mol. The van der Waals surface area contributed by atoms with Crippen molar-refractivity contribution in [3.63, 3.8) is 0 Å². The van der Waals surface area contributed by atoms with Crippen molar-refractivity contribution in [2.75, 3.05) is 20.8 Å². The van der Waals surface area contributed by atoms with Crippen molar-refractivity contribution >= 4 is 5.97 Å². The van der Waals surface area contributed by atoms with Gasteiger partial charge in [-0.15, -0.1) is 0 Å². The molecule has 0 radical (unpaired) electrons. The van der Waals surface area contributed by atoms with E-state index in [9.17, 15) is 14.9 Å². The Labute approximate surface area is 102 Å². The fourth-order valence-electron chi connectivity index (χ4n) is 1.87. The van der Waals surface area contributed by atoms with E-state index in [1.807, 2.05) is 0 Å². The number of cyclic esters (lactones) is 1. The van der Waals surface area contributed by atoms with Crippen molar-refractivity contribution in [3.05, 3.63) is 33.4 Å². The third kappa shape index (κ3) is 1.94. The Bertz CT molecular complexity index is 513. The number of rotatable bonds is 4. The fraction of sp³-hybridized carbons (Fsp3) is 0.364. The molecule has 1 atom stereocenters. The van der Waals surface area contributed by atoms with Gasteiger partial charge in [-0.25, -0.2) is 4.79 Å². The van der Waals surface area contributed by atoms with E-state index in [1.165, 1.54) is 26.4 Å². The van der Waals surface area contributed by atoms with Crippen LogP contribution in [0, 0.1) is 10.1 Å². The molecule has 0 spiro atoms. The normalized spacial score (nSPS) is 17.0. The van der Waals surface area contributed by atoms with Gasteiger partial charge in [0.05, 0.1) is 19.8 Å². The Morgan fingerprint density at radius 1 is 1.33 bits per heavy atom. The van der Waals surface area contributed by atoms with E-state index in [0.717, 1.165) is 0 Å². The fourth-order valence-corrected chi connectivity index (χ4v) is 1.87. The molecule has 7 nitrogen and oxygen atoms in total. The number of carbonyl (C=O) groups is 1. The van der Waals surface area contributed by atoms with Gasteiger partial charge in [0, 0.05) is 10.5 Å². The Kier molecular flexibility index (Phi) is 3.05. The largest absolute Gasteiger partial charge is 0.493 e. The molecular formula is C11H11NO6. The molecule has 1 aliphatic heterocycles. The molecule has 7 heteroatoms. The maximum absolute atomic E-state index is 11.6. The molecule has 0 aromatic heterocycles. The van der Waals surface area contributed by atoms with Gasteiger partial charge in [0.1, 0.15) is 0 Å². The number of methoxy groups -OCH3 is 2. The number of benzene rings is 1. The summed E-state index contributed by atoms with van der Waals surface area (Å²) in [4.78, 5) is 21.6. The first-order valence-corrected chi connectivity index (χ1v) is 5.15. The maximum Gasteiger partial charge on any atom is 0.339 e. The standard InChI is InChI=1S/C11H11NO6/c1-16-8-3-6-7(4-9(8)17-2)11(13)18-10(6)5-12(14)15/h3-4,10H,5H2,1-2H3. The lowest BCUT2D eigenvalue weighted by Gasteiger charge is -2.10. The highest BCUT2D eigenvalue weighted by molar-refractivity contribution is 5.95. The highest BCUT2D eigenvalue weighted by Crippen LogP contribution is 2.38. The predicted octanol–water partition coefficient (Wildman–Crippen LogP) is 1.19. The van der Waals surface area contributed by atoms with Crippen LogP contribution in [0.15, 0.2) is 12.1 Å². The quantitative estimate of drug-likeness (QED) is 0.455. The van der Waals surface area contributed by atoms with Crippen LogP contribution in [0.2, 0.25) is 0 Å². The molecule has 1 unspecified atom stereocenters. The first-order valence-electron chi connectivity index (χ1n) is 5.15. The summed E-state index contributed by atoms with van der Waals surface area (Å²) in [7, 11) is 2.89. The second kappa shape index (κ2) is 4.52. The van der Waals surface area contributed by atoms with Crippen molar-refractivity contribution in [1.29, 1.82) is 0 Å². The third-order valence-corrected chi connectivity index (χ3v) is 2.69. The van der Waals surface area contributed by atoms with Crippen LogP contribution in [0.5, 0.6) is 11.5 Å². The van der Waals surface area contributed by atoms with E-state index in [1.54, 1.807) is 0 Å². The van der Waals surface area contributed by atoms with E-state index < -0.39 is 23.5 Å². The zero-order valence-electron chi connectivity index (χ0n) is 9.84. The zero-order valence-corrected chi connectivity index (χ0v) is 9.84.